The van der Waals surface area contributed by atoms with Gasteiger partial charge in [0.1, 0.15) is 0 Å². The highest BCUT2D eigenvalue weighted by molar-refractivity contribution is 7.98. The molecule has 1 aromatic heterocycles. The third-order valence-corrected chi connectivity index (χ3v) is 3.28. The van der Waals surface area contributed by atoms with Crippen LogP contribution in [0, 0.1) is 6.92 Å². The van der Waals surface area contributed by atoms with Gasteiger partial charge >= 0.3 is 0 Å². The SMILES string of the molecule is CSCC(CCO)NC(=O)Cc1ccc(C)nc1. The van der Waals surface area contributed by atoms with E-state index in [2.05, 4.69) is 10.3 Å². The molecule has 0 aliphatic carbocycles. The topological polar surface area (TPSA) is 62.2 Å². The van der Waals surface area contributed by atoms with Gasteiger partial charge in [-0.25, -0.2) is 0 Å². The minimum atomic E-state index is -0.0202. The highest BCUT2D eigenvalue weighted by Crippen LogP contribution is 2.04. The standard InChI is InChI=1S/C13H20N2O2S/c1-10-3-4-11(8-14-10)7-13(17)15-12(5-6-16)9-18-2/h3-4,8,12,16H,5-7,9H2,1-2H3,(H,15,17). The molecule has 1 atom stereocenters. The number of thioether (sulfide) groups is 1. The second-order valence-corrected chi connectivity index (χ2v) is 5.13. The summed E-state index contributed by atoms with van der Waals surface area (Å²) in [5.74, 6) is 0.798. The zero-order valence-electron chi connectivity index (χ0n) is 10.8. The molecule has 18 heavy (non-hydrogen) atoms. The molecule has 0 saturated heterocycles. The number of pyridine rings is 1. The number of carbonyl (C=O) groups is 1. The first-order valence-corrected chi connectivity index (χ1v) is 7.35. The smallest absolute Gasteiger partial charge is 0.224 e. The first-order valence-electron chi connectivity index (χ1n) is 5.96. The molecule has 100 valence electrons. The van der Waals surface area contributed by atoms with Crippen LogP contribution in [0.1, 0.15) is 17.7 Å². The van der Waals surface area contributed by atoms with E-state index in [1.54, 1.807) is 18.0 Å². The van der Waals surface area contributed by atoms with E-state index in [4.69, 9.17) is 5.11 Å². The Balaban J connectivity index is 2.46. The average molecular weight is 268 g/mol. The third kappa shape index (κ3) is 5.51. The van der Waals surface area contributed by atoms with Gasteiger partial charge in [-0.2, -0.15) is 11.8 Å². The number of nitrogens with zero attached hydrogens (tertiary/aromatic N) is 1. The lowest BCUT2D eigenvalue weighted by Crippen LogP contribution is -2.38. The molecule has 0 bridgehead atoms. The fraction of sp³-hybridized carbons (Fsp3) is 0.538. The van der Waals surface area contributed by atoms with Gasteiger partial charge in [0.2, 0.25) is 5.91 Å². The van der Waals surface area contributed by atoms with Crippen LogP contribution in [0.25, 0.3) is 0 Å². The molecule has 0 saturated carbocycles. The number of aliphatic hydroxyl groups excluding tert-OH is 1. The van der Waals surface area contributed by atoms with Gasteiger partial charge in [0.25, 0.3) is 0 Å². The summed E-state index contributed by atoms with van der Waals surface area (Å²) in [4.78, 5) is 16.0. The van der Waals surface area contributed by atoms with E-state index in [-0.39, 0.29) is 18.6 Å². The zero-order valence-corrected chi connectivity index (χ0v) is 11.7. The molecule has 0 aliphatic heterocycles. The lowest BCUT2D eigenvalue weighted by Gasteiger charge is -2.16. The Morgan fingerprint density at radius 1 is 1.56 bits per heavy atom. The first kappa shape index (κ1) is 15.0. The van der Waals surface area contributed by atoms with Crippen molar-refractivity contribution >= 4 is 17.7 Å². The summed E-state index contributed by atoms with van der Waals surface area (Å²) in [5.41, 5.74) is 1.85. The summed E-state index contributed by atoms with van der Waals surface area (Å²) in [7, 11) is 0. The van der Waals surface area contributed by atoms with Gasteiger partial charge in [0, 0.05) is 30.3 Å². The van der Waals surface area contributed by atoms with E-state index in [0.717, 1.165) is 17.0 Å². The predicted molar refractivity (Wildman–Crippen MR) is 74.7 cm³/mol. The van der Waals surface area contributed by atoms with Crippen LogP contribution in [-0.4, -0.2) is 40.7 Å². The minimum Gasteiger partial charge on any atom is -0.396 e. The molecule has 5 heteroatoms. The van der Waals surface area contributed by atoms with Crippen molar-refractivity contribution in [3.63, 3.8) is 0 Å². The second-order valence-electron chi connectivity index (χ2n) is 4.22. The van der Waals surface area contributed by atoms with Gasteiger partial charge < -0.3 is 10.4 Å². The van der Waals surface area contributed by atoms with Crippen molar-refractivity contribution < 1.29 is 9.90 Å². The molecule has 0 spiro atoms. The van der Waals surface area contributed by atoms with Crippen LogP contribution >= 0.6 is 11.8 Å². The number of aromatic nitrogens is 1. The predicted octanol–water partition coefficient (Wildman–Crippen LogP) is 1.16. The Bertz CT molecular complexity index is 362. The molecule has 0 aromatic carbocycles. The van der Waals surface area contributed by atoms with Crippen LogP contribution in [0.2, 0.25) is 0 Å². The molecule has 1 amide bonds. The van der Waals surface area contributed by atoms with E-state index in [1.165, 1.54) is 0 Å². The van der Waals surface area contributed by atoms with Crippen molar-refractivity contribution in [3.8, 4) is 0 Å². The molecule has 1 rings (SSSR count). The molecule has 4 nitrogen and oxygen atoms in total. The van der Waals surface area contributed by atoms with Crippen LogP contribution in [0.5, 0.6) is 0 Å². The number of carbonyl (C=O) groups excluding carboxylic acids is 1. The van der Waals surface area contributed by atoms with Crippen LogP contribution in [0.4, 0.5) is 0 Å². The van der Waals surface area contributed by atoms with Crippen LogP contribution < -0.4 is 5.32 Å². The number of aliphatic hydroxyl groups is 1. The molecule has 2 N–H and O–H groups in total. The highest BCUT2D eigenvalue weighted by atomic mass is 32.2. The monoisotopic (exact) mass is 268 g/mol. The minimum absolute atomic E-state index is 0.0202. The summed E-state index contributed by atoms with van der Waals surface area (Å²) < 4.78 is 0. The molecule has 0 aliphatic rings. The molecule has 1 unspecified atom stereocenters. The van der Waals surface area contributed by atoms with E-state index in [1.807, 2.05) is 25.3 Å². The number of hydrogen-bond donors (Lipinski definition) is 2. The lowest BCUT2D eigenvalue weighted by atomic mass is 10.1. The average Bonchev–Trinajstić information content (AvgIpc) is 2.33. The molecular weight excluding hydrogens is 248 g/mol. The number of amides is 1. The molecule has 0 radical (unpaired) electrons. The van der Waals surface area contributed by atoms with Gasteiger partial charge in [-0.3, -0.25) is 9.78 Å². The Hall–Kier alpha value is -1.07. The van der Waals surface area contributed by atoms with Gasteiger partial charge in [0.05, 0.1) is 6.42 Å². The van der Waals surface area contributed by atoms with Crippen LogP contribution in [0.15, 0.2) is 18.3 Å². The Kier molecular flexibility index (Phi) is 6.75. The lowest BCUT2D eigenvalue weighted by molar-refractivity contribution is -0.121. The third-order valence-electron chi connectivity index (χ3n) is 2.55. The van der Waals surface area contributed by atoms with Gasteiger partial charge in [-0.1, -0.05) is 6.07 Å². The van der Waals surface area contributed by atoms with Crippen molar-refractivity contribution in [2.75, 3.05) is 18.6 Å². The van der Waals surface area contributed by atoms with E-state index < -0.39 is 0 Å². The maximum atomic E-state index is 11.8. The van der Waals surface area contributed by atoms with Crippen molar-refractivity contribution in [1.29, 1.82) is 0 Å². The van der Waals surface area contributed by atoms with Crippen molar-refractivity contribution in [2.24, 2.45) is 0 Å². The number of nitrogens with one attached hydrogen (secondary N) is 1. The van der Waals surface area contributed by atoms with Gasteiger partial charge in [-0.05, 0) is 31.2 Å². The van der Waals surface area contributed by atoms with Crippen molar-refractivity contribution in [2.45, 2.75) is 25.8 Å². The summed E-state index contributed by atoms with van der Waals surface area (Å²) in [6.07, 6.45) is 4.65. The van der Waals surface area contributed by atoms with E-state index in [9.17, 15) is 4.79 Å². The first-order chi connectivity index (χ1) is 8.65. The normalized spacial score (nSPS) is 12.2. The second kappa shape index (κ2) is 8.11. The fourth-order valence-electron chi connectivity index (χ4n) is 1.62. The molecule has 1 heterocycles. The Morgan fingerprint density at radius 3 is 2.89 bits per heavy atom. The van der Waals surface area contributed by atoms with Crippen LogP contribution in [0.3, 0.4) is 0 Å². The largest absolute Gasteiger partial charge is 0.396 e. The quantitative estimate of drug-likeness (QED) is 0.779. The van der Waals surface area contributed by atoms with Crippen LogP contribution in [-0.2, 0) is 11.2 Å². The summed E-state index contributed by atoms with van der Waals surface area (Å²) in [5, 5.41) is 11.9. The highest BCUT2D eigenvalue weighted by Gasteiger charge is 2.11. The van der Waals surface area contributed by atoms with Gasteiger partial charge in [-0.15, -0.1) is 0 Å². The molecule has 0 fully saturated rings. The molecular formula is C13H20N2O2S. The van der Waals surface area contributed by atoms with Crippen molar-refractivity contribution in [1.82, 2.24) is 10.3 Å². The number of hydrogen-bond acceptors (Lipinski definition) is 4. The summed E-state index contributed by atoms with van der Waals surface area (Å²) in [6, 6.07) is 3.85. The Morgan fingerprint density at radius 2 is 2.33 bits per heavy atom. The van der Waals surface area contributed by atoms with E-state index >= 15 is 0 Å². The summed E-state index contributed by atoms with van der Waals surface area (Å²) in [6.45, 7) is 2.01. The fourth-order valence-corrected chi connectivity index (χ4v) is 2.27. The zero-order chi connectivity index (χ0) is 13.4. The number of aryl methyl sites for hydroxylation is 1. The van der Waals surface area contributed by atoms with Crippen molar-refractivity contribution in [3.05, 3.63) is 29.6 Å². The van der Waals surface area contributed by atoms with E-state index in [0.29, 0.717) is 12.8 Å². The molecule has 1 aromatic rings. The Labute approximate surface area is 112 Å². The van der Waals surface area contributed by atoms with Gasteiger partial charge in [0.15, 0.2) is 0 Å². The maximum absolute atomic E-state index is 11.8. The number of rotatable bonds is 7. The maximum Gasteiger partial charge on any atom is 0.224 e. The summed E-state index contributed by atoms with van der Waals surface area (Å²) >= 11 is 1.66.